The number of rotatable bonds is 2. The van der Waals surface area contributed by atoms with E-state index >= 15 is 0 Å². The van der Waals surface area contributed by atoms with Gasteiger partial charge in [0.1, 0.15) is 5.82 Å². The smallest absolute Gasteiger partial charge is 0.256 e. The van der Waals surface area contributed by atoms with E-state index in [9.17, 15) is 9.18 Å². The lowest BCUT2D eigenvalue weighted by Crippen LogP contribution is -2.15. The first-order chi connectivity index (χ1) is 8.49. The summed E-state index contributed by atoms with van der Waals surface area (Å²) >= 11 is 3.02. The predicted octanol–water partition coefficient (Wildman–Crippen LogP) is 2.16. The number of nitrogens with two attached hydrogens (primary N) is 1. The zero-order valence-corrected chi connectivity index (χ0v) is 11.0. The number of aryl methyl sites for hydroxylation is 1. The summed E-state index contributed by atoms with van der Waals surface area (Å²) in [5.41, 5.74) is 6.35. The Morgan fingerprint density at radius 3 is 2.83 bits per heavy atom. The molecule has 1 aromatic heterocycles. The Morgan fingerprint density at radius 1 is 1.56 bits per heavy atom. The highest BCUT2D eigenvalue weighted by Gasteiger charge is 2.12. The summed E-state index contributed by atoms with van der Waals surface area (Å²) in [7, 11) is 1.66. The van der Waals surface area contributed by atoms with Crippen molar-refractivity contribution in [3.8, 4) is 0 Å². The molecule has 0 aliphatic heterocycles. The third-order valence-electron chi connectivity index (χ3n) is 2.38. The van der Waals surface area contributed by atoms with Gasteiger partial charge in [-0.2, -0.15) is 5.10 Å². The molecule has 0 spiro atoms. The summed E-state index contributed by atoms with van der Waals surface area (Å²) in [4.78, 5) is 11.9. The Balaban J connectivity index is 2.25. The van der Waals surface area contributed by atoms with E-state index in [1.165, 1.54) is 29.1 Å². The number of nitrogens with zero attached hydrogens (tertiary/aromatic N) is 2. The predicted molar refractivity (Wildman–Crippen MR) is 69.7 cm³/mol. The number of carbonyl (C=O) groups excluding carboxylic acids is 1. The lowest BCUT2D eigenvalue weighted by Gasteiger charge is -2.07. The Hall–Kier alpha value is -1.89. The summed E-state index contributed by atoms with van der Waals surface area (Å²) in [5, 5.41) is 6.52. The largest absolute Gasteiger partial charge is 0.394 e. The van der Waals surface area contributed by atoms with Crippen LogP contribution in [0, 0.1) is 5.82 Å². The third-order valence-corrected chi connectivity index (χ3v) is 2.99. The van der Waals surface area contributed by atoms with E-state index in [0.717, 1.165) is 0 Å². The van der Waals surface area contributed by atoms with Gasteiger partial charge in [0.25, 0.3) is 5.91 Å². The van der Waals surface area contributed by atoms with Crippen LogP contribution in [0.2, 0.25) is 0 Å². The summed E-state index contributed by atoms with van der Waals surface area (Å²) in [6.07, 6.45) is 1.44. The quantitative estimate of drug-likeness (QED) is 0.892. The van der Waals surface area contributed by atoms with Gasteiger partial charge in [-0.25, -0.2) is 4.39 Å². The van der Waals surface area contributed by atoms with E-state index in [1.54, 1.807) is 7.05 Å². The molecule has 7 heteroatoms. The molecule has 0 saturated heterocycles. The van der Waals surface area contributed by atoms with Gasteiger partial charge < -0.3 is 11.1 Å². The second-order valence-corrected chi connectivity index (χ2v) is 4.51. The molecule has 1 aromatic carbocycles. The van der Waals surface area contributed by atoms with Crippen molar-refractivity contribution in [2.24, 2.45) is 7.05 Å². The average molecular weight is 313 g/mol. The normalized spacial score (nSPS) is 10.4. The lowest BCUT2D eigenvalue weighted by atomic mass is 10.2. The maximum Gasteiger partial charge on any atom is 0.256 e. The molecule has 5 nitrogen and oxygen atoms in total. The van der Waals surface area contributed by atoms with Crippen molar-refractivity contribution in [2.45, 2.75) is 0 Å². The molecular weight excluding hydrogens is 303 g/mol. The molecule has 1 amide bonds. The second kappa shape index (κ2) is 4.77. The van der Waals surface area contributed by atoms with E-state index < -0.39 is 5.82 Å². The number of hydrogen-bond donors (Lipinski definition) is 2. The number of hydrogen-bond acceptors (Lipinski definition) is 3. The zero-order chi connectivity index (χ0) is 13.3. The molecule has 0 aliphatic rings. The van der Waals surface area contributed by atoms with Gasteiger partial charge in [-0.1, -0.05) is 0 Å². The van der Waals surface area contributed by atoms with Crippen LogP contribution in [0.1, 0.15) is 10.4 Å². The van der Waals surface area contributed by atoms with Gasteiger partial charge >= 0.3 is 0 Å². The van der Waals surface area contributed by atoms with Crippen LogP contribution in [-0.4, -0.2) is 15.7 Å². The molecular formula is C11H10BrFN4O. The number of halogens is 2. The molecule has 0 bridgehead atoms. The van der Waals surface area contributed by atoms with Crippen molar-refractivity contribution in [1.29, 1.82) is 0 Å². The van der Waals surface area contributed by atoms with Gasteiger partial charge in [-0.3, -0.25) is 9.48 Å². The monoisotopic (exact) mass is 312 g/mol. The second-order valence-electron chi connectivity index (χ2n) is 3.66. The number of nitrogens with one attached hydrogen (secondary N) is 1. The molecule has 2 aromatic rings. The first kappa shape index (κ1) is 12.6. The number of nitrogen functional groups attached to an aromatic ring is 1. The van der Waals surface area contributed by atoms with Crippen LogP contribution < -0.4 is 11.1 Å². The fourth-order valence-electron chi connectivity index (χ4n) is 1.42. The molecule has 0 fully saturated rings. The van der Waals surface area contributed by atoms with Gasteiger partial charge in [-0.05, 0) is 34.1 Å². The van der Waals surface area contributed by atoms with Crippen molar-refractivity contribution < 1.29 is 9.18 Å². The van der Waals surface area contributed by atoms with Crippen molar-refractivity contribution in [3.05, 3.63) is 40.2 Å². The van der Waals surface area contributed by atoms with Crippen molar-refractivity contribution in [2.75, 3.05) is 11.1 Å². The van der Waals surface area contributed by atoms with Crippen molar-refractivity contribution in [3.63, 3.8) is 0 Å². The number of amides is 1. The Morgan fingerprint density at radius 2 is 2.28 bits per heavy atom. The number of aromatic nitrogens is 2. The molecule has 0 atom stereocenters. The van der Waals surface area contributed by atoms with Gasteiger partial charge in [0.2, 0.25) is 0 Å². The topological polar surface area (TPSA) is 72.9 Å². The minimum atomic E-state index is -0.424. The van der Waals surface area contributed by atoms with E-state index in [2.05, 4.69) is 26.3 Å². The average Bonchev–Trinajstić information content (AvgIpc) is 2.64. The fourth-order valence-corrected chi connectivity index (χ4v) is 1.80. The highest BCUT2D eigenvalue weighted by atomic mass is 79.9. The molecule has 0 unspecified atom stereocenters. The first-order valence-corrected chi connectivity index (χ1v) is 5.82. The van der Waals surface area contributed by atoms with E-state index in [1.807, 2.05) is 0 Å². The molecule has 0 saturated carbocycles. The van der Waals surface area contributed by atoms with Crippen LogP contribution in [0.15, 0.2) is 28.9 Å². The van der Waals surface area contributed by atoms with Crippen LogP contribution >= 0.6 is 15.9 Å². The van der Waals surface area contributed by atoms with Crippen LogP contribution in [0.3, 0.4) is 0 Å². The summed E-state index contributed by atoms with van der Waals surface area (Å²) < 4.78 is 14.7. The molecule has 18 heavy (non-hydrogen) atoms. The van der Waals surface area contributed by atoms with Crippen LogP contribution in [0.4, 0.5) is 15.9 Å². The molecule has 2 rings (SSSR count). The molecule has 0 radical (unpaired) electrons. The van der Waals surface area contributed by atoms with Crippen LogP contribution in [-0.2, 0) is 7.05 Å². The number of benzene rings is 1. The summed E-state index contributed by atoms with van der Waals surface area (Å²) in [6.45, 7) is 0. The molecule has 1 heterocycles. The Kier molecular flexibility index (Phi) is 3.33. The van der Waals surface area contributed by atoms with E-state index in [0.29, 0.717) is 17.1 Å². The highest BCUT2D eigenvalue weighted by Crippen LogP contribution is 2.20. The Labute approximate surface area is 111 Å². The minimum absolute atomic E-state index is 0.230. The molecule has 3 N–H and O–H groups in total. The molecule has 0 aliphatic carbocycles. The van der Waals surface area contributed by atoms with E-state index in [-0.39, 0.29) is 10.4 Å². The number of anilines is 2. The first-order valence-electron chi connectivity index (χ1n) is 5.03. The van der Waals surface area contributed by atoms with Crippen molar-refractivity contribution in [1.82, 2.24) is 9.78 Å². The lowest BCUT2D eigenvalue weighted by molar-refractivity contribution is 0.102. The SMILES string of the molecule is Cn1ncc(N)c1NC(=O)c1ccc(F)c(Br)c1. The fraction of sp³-hybridized carbons (Fsp3) is 0.0909. The Bertz CT molecular complexity index is 592. The van der Waals surface area contributed by atoms with E-state index in [4.69, 9.17) is 5.73 Å². The zero-order valence-electron chi connectivity index (χ0n) is 9.45. The summed E-state index contributed by atoms with van der Waals surface area (Å²) in [6, 6.07) is 4.00. The molecule has 94 valence electrons. The standard InChI is InChI=1S/C11H10BrFN4O/c1-17-10(9(14)5-15-17)16-11(18)6-2-3-8(13)7(12)4-6/h2-5H,14H2,1H3,(H,16,18). The van der Waals surface area contributed by atoms with Crippen molar-refractivity contribution >= 4 is 33.3 Å². The van der Waals surface area contributed by atoms with Crippen LogP contribution in [0.5, 0.6) is 0 Å². The van der Waals surface area contributed by atoms with Crippen LogP contribution in [0.25, 0.3) is 0 Å². The maximum atomic E-state index is 13.1. The summed E-state index contributed by atoms with van der Waals surface area (Å²) in [5.74, 6) is -0.405. The number of carbonyl (C=O) groups is 1. The van der Waals surface area contributed by atoms with Gasteiger partial charge in [0, 0.05) is 12.6 Å². The highest BCUT2D eigenvalue weighted by molar-refractivity contribution is 9.10. The minimum Gasteiger partial charge on any atom is -0.394 e. The van der Waals surface area contributed by atoms with Gasteiger partial charge in [-0.15, -0.1) is 0 Å². The van der Waals surface area contributed by atoms with Gasteiger partial charge in [0.15, 0.2) is 5.82 Å². The maximum absolute atomic E-state index is 13.1. The third kappa shape index (κ3) is 2.35. The van der Waals surface area contributed by atoms with Gasteiger partial charge in [0.05, 0.1) is 16.4 Å².